The average molecular weight is 426 g/mol. The predicted molar refractivity (Wildman–Crippen MR) is 128 cm³/mol. The van der Waals surface area contributed by atoms with Crippen molar-refractivity contribution in [2.75, 3.05) is 0 Å². The number of aromatic amines is 3. The molecule has 0 amide bonds. The molecule has 0 fully saturated rings. The summed E-state index contributed by atoms with van der Waals surface area (Å²) >= 11 is 0. The fraction of sp³-hybridized carbons (Fsp3) is 0.0769. The monoisotopic (exact) mass is 425 g/mol. The summed E-state index contributed by atoms with van der Waals surface area (Å²) in [5.74, 6) is -0.282. The van der Waals surface area contributed by atoms with Gasteiger partial charge < -0.3 is 4.98 Å². The van der Waals surface area contributed by atoms with Crippen LogP contribution in [0.4, 0.5) is 4.39 Å². The van der Waals surface area contributed by atoms with Gasteiger partial charge in [-0.05, 0) is 54.8 Å². The van der Waals surface area contributed by atoms with Crippen molar-refractivity contribution >= 4 is 23.3 Å². The third-order valence-electron chi connectivity index (χ3n) is 5.29. The Morgan fingerprint density at radius 2 is 2.03 bits per heavy atom. The number of halogens is 1. The summed E-state index contributed by atoms with van der Waals surface area (Å²) in [6, 6.07) is 8.58. The molecule has 3 heterocycles. The minimum Gasteiger partial charge on any atom is -0.357 e. The van der Waals surface area contributed by atoms with Crippen molar-refractivity contribution in [2.24, 2.45) is 0 Å². The van der Waals surface area contributed by atoms with E-state index < -0.39 is 0 Å². The van der Waals surface area contributed by atoms with E-state index >= 15 is 0 Å². The first-order valence-corrected chi connectivity index (χ1v) is 10.2. The van der Waals surface area contributed by atoms with Crippen LogP contribution in [0.1, 0.15) is 29.3 Å². The Morgan fingerprint density at radius 3 is 2.72 bits per heavy atom. The molecule has 0 unspecified atom stereocenters. The Kier molecular flexibility index (Phi) is 5.85. The third-order valence-corrected chi connectivity index (χ3v) is 5.29. The van der Waals surface area contributed by atoms with Crippen LogP contribution in [0.15, 0.2) is 68.0 Å². The highest BCUT2D eigenvalue weighted by atomic mass is 19.1. The van der Waals surface area contributed by atoms with Crippen molar-refractivity contribution in [3.8, 4) is 11.4 Å². The van der Waals surface area contributed by atoms with Gasteiger partial charge in [-0.15, -0.1) is 0 Å². The highest BCUT2D eigenvalue weighted by Crippen LogP contribution is 2.29. The molecule has 0 saturated carbocycles. The number of aromatic nitrogens is 5. The highest BCUT2D eigenvalue weighted by molar-refractivity contribution is 5.88. The molecule has 5 nitrogen and oxygen atoms in total. The molecule has 0 spiro atoms. The summed E-state index contributed by atoms with van der Waals surface area (Å²) in [6.07, 6.45) is 11.1. The van der Waals surface area contributed by atoms with E-state index in [0.717, 1.165) is 55.5 Å². The van der Waals surface area contributed by atoms with Crippen LogP contribution >= 0.6 is 0 Å². The van der Waals surface area contributed by atoms with Crippen molar-refractivity contribution in [1.29, 1.82) is 0 Å². The SMILES string of the molecule is C=C/C=C(/c1cccc(F)c1)c1cc(-c2n[nH]c(=C/C)/c2=C\C(=C)c2cn[nH]c2)[nH]c1C. The summed E-state index contributed by atoms with van der Waals surface area (Å²) < 4.78 is 13.9. The van der Waals surface area contributed by atoms with Crippen LogP contribution in [0.25, 0.3) is 34.7 Å². The van der Waals surface area contributed by atoms with E-state index in [1.54, 1.807) is 24.5 Å². The fourth-order valence-corrected chi connectivity index (χ4v) is 3.70. The van der Waals surface area contributed by atoms with Crippen LogP contribution in [0, 0.1) is 12.7 Å². The number of H-pyrrole nitrogens is 3. The van der Waals surface area contributed by atoms with E-state index in [4.69, 9.17) is 0 Å². The van der Waals surface area contributed by atoms with Gasteiger partial charge in [-0.3, -0.25) is 10.2 Å². The third kappa shape index (κ3) is 4.03. The van der Waals surface area contributed by atoms with Crippen LogP contribution in [0.3, 0.4) is 0 Å². The number of allylic oxidation sites excluding steroid dienone is 3. The largest absolute Gasteiger partial charge is 0.357 e. The van der Waals surface area contributed by atoms with E-state index in [9.17, 15) is 4.39 Å². The summed E-state index contributed by atoms with van der Waals surface area (Å²) in [4.78, 5) is 3.44. The zero-order valence-corrected chi connectivity index (χ0v) is 18.0. The van der Waals surface area contributed by atoms with E-state index in [1.165, 1.54) is 12.1 Å². The molecule has 32 heavy (non-hydrogen) atoms. The zero-order chi connectivity index (χ0) is 22.7. The van der Waals surface area contributed by atoms with Crippen LogP contribution < -0.4 is 10.6 Å². The maximum atomic E-state index is 13.9. The minimum absolute atomic E-state index is 0.282. The van der Waals surface area contributed by atoms with E-state index in [2.05, 4.69) is 38.5 Å². The molecule has 0 radical (unpaired) electrons. The number of nitrogens with zero attached hydrogens (tertiary/aromatic N) is 2. The summed E-state index contributed by atoms with van der Waals surface area (Å²) in [7, 11) is 0. The molecule has 3 aromatic heterocycles. The minimum atomic E-state index is -0.282. The molecule has 0 aliphatic carbocycles. The van der Waals surface area contributed by atoms with Gasteiger partial charge in [-0.2, -0.15) is 10.2 Å². The fourth-order valence-electron chi connectivity index (χ4n) is 3.70. The van der Waals surface area contributed by atoms with Crippen molar-refractivity contribution in [2.45, 2.75) is 13.8 Å². The molecule has 3 N–H and O–H groups in total. The quantitative estimate of drug-likeness (QED) is 0.398. The second-order valence-electron chi connectivity index (χ2n) is 7.39. The molecule has 4 aromatic rings. The second-order valence-corrected chi connectivity index (χ2v) is 7.39. The van der Waals surface area contributed by atoms with E-state index in [0.29, 0.717) is 0 Å². The van der Waals surface area contributed by atoms with Crippen molar-refractivity contribution in [3.05, 3.63) is 107 Å². The van der Waals surface area contributed by atoms with Gasteiger partial charge in [-0.25, -0.2) is 4.39 Å². The van der Waals surface area contributed by atoms with Crippen LogP contribution in [-0.2, 0) is 0 Å². The summed E-state index contributed by atoms with van der Waals surface area (Å²) in [5, 5.41) is 16.3. The molecule has 0 bridgehead atoms. The summed E-state index contributed by atoms with van der Waals surface area (Å²) in [5.41, 5.74) is 6.91. The number of aryl methyl sites for hydroxylation is 1. The highest BCUT2D eigenvalue weighted by Gasteiger charge is 2.15. The first-order chi connectivity index (χ1) is 15.5. The lowest BCUT2D eigenvalue weighted by atomic mass is 9.97. The zero-order valence-electron chi connectivity index (χ0n) is 18.0. The Balaban J connectivity index is 1.85. The number of hydrogen-bond donors (Lipinski definition) is 3. The first kappa shape index (κ1) is 21.1. The smallest absolute Gasteiger partial charge is 0.123 e. The van der Waals surface area contributed by atoms with Gasteiger partial charge in [0, 0.05) is 28.2 Å². The Morgan fingerprint density at radius 1 is 1.19 bits per heavy atom. The number of hydrogen-bond acceptors (Lipinski definition) is 2. The molecule has 1 aromatic carbocycles. The van der Waals surface area contributed by atoms with Gasteiger partial charge in [0.15, 0.2) is 0 Å². The van der Waals surface area contributed by atoms with Gasteiger partial charge in [0.25, 0.3) is 0 Å². The predicted octanol–water partition coefficient (Wildman–Crippen LogP) is 4.49. The van der Waals surface area contributed by atoms with Crippen LogP contribution in [0.2, 0.25) is 0 Å². The molecular formula is C26H24FN5. The number of nitrogens with one attached hydrogen (secondary N) is 3. The molecule has 0 aliphatic rings. The lowest BCUT2D eigenvalue weighted by molar-refractivity contribution is 0.627. The molecule has 0 saturated heterocycles. The molecule has 0 atom stereocenters. The number of benzene rings is 1. The maximum absolute atomic E-state index is 13.9. The van der Waals surface area contributed by atoms with Gasteiger partial charge >= 0.3 is 0 Å². The second kappa shape index (κ2) is 8.89. The van der Waals surface area contributed by atoms with Gasteiger partial charge in [0.1, 0.15) is 11.5 Å². The van der Waals surface area contributed by atoms with Gasteiger partial charge in [0.05, 0.1) is 17.2 Å². The topological polar surface area (TPSA) is 73.2 Å². The van der Waals surface area contributed by atoms with Gasteiger partial charge in [0.2, 0.25) is 0 Å². The Hall–Kier alpha value is -4.19. The lowest BCUT2D eigenvalue weighted by Crippen LogP contribution is -2.23. The van der Waals surface area contributed by atoms with E-state index in [-0.39, 0.29) is 5.82 Å². The normalized spacial score (nSPS) is 13.0. The average Bonchev–Trinajstić information content (AvgIpc) is 3.52. The standard InChI is InChI=1S/C26H24FN5/c1-5-8-21(18-9-7-10-20(27)12-18)22-13-25(30-17(22)4)26-23(24(6-2)31-32-26)11-16(3)19-14-28-29-15-19/h5-15,30-31H,1,3H2,2,4H3,(H,28,29)/b21-8-,23-11+,24-6+. The molecule has 6 heteroatoms. The summed E-state index contributed by atoms with van der Waals surface area (Å²) in [6.45, 7) is 11.9. The van der Waals surface area contributed by atoms with Crippen molar-refractivity contribution in [3.63, 3.8) is 0 Å². The Bertz CT molecular complexity index is 1430. The molecule has 0 aliphatic heterocycles. The molecule has 160 valence electrons. The van der Waals surface area contributed by atoms with Gasteiger partial charge in [-0.1, -0.05) is 43.5 Å². The van der Waals surface area contributed by atoms with Crippen molar-refractivity contribution in [1.82, 2.24) is 25.4 Å². The van der Waals surface area contributed by atoms with E-state index in [1.807, 2.05) is 44.2 Å². The first-order valence-electron chi connectivity index (χ1n) is 10.2. The van der Waals surface area contributed by atoms with Crippen LogP contribution in [0.5, 0.6) is 0 Å². The molecular weight excluding hydrogens is 401 g/mol. The lowest BCUT2D eigenvalue weighted by Gasteiger charge is -2.07. The number of rotatable bonds is 6. The maximum Gasteiger partial charge on any atom is 0.123 e. The Labute approximate surface area is 185 Å². The van der Waals surface area contributed by atoms with Crippen molar-refractivity contribution < 1.29 is 4.39 Å². The molecule has 4 rings (SSSR count). The van der Waals surface area contributed by atoms with Crippen LogP contribution in [-0.4, -0.2) is 25.4 Å².